The van der Waals surface area contributed by atoms with Crippen LogP contribution in [-0.4, -0.2) is 33.8 Å². The van der Waals surface area contributed by atoms with Crippen molar-refractivity contribution >= 4 is 35.2 Å². The highest BCUT2D eigenvalue weighted by Crippen LogP contribution is 2.40. The maximum Gasteiger partial charge on any atom is 0.373 e. The van der Waals surface area contributed by atoms with Gasteiger partial charge in [0.25, 0.3) is 0 Å². The van der Waals surface area contributed by atoms with E-state index < -0.39 is 5.97 Å². The molecule has 2 aliphatic heterocycles. The Labute approximate surface area is 95.5 Å². The molecule has 2 rings (SSSR count). The van der Waals surface area contributed by atoms with Crippen molar-refractivity contribution in [3.8, 4) is 0 Å². The van der Waals surface area contributed by atoms with E-state index in [9.17, 15) is 9.59 Å². The summed E-state index contributed by atoms with van der Waals surface area (Å²) in [6.45, 7) is 0. The zero-order valence-corrected chi connectivity index (χ0v) is 9.31. The molecule has 82 valence electrons. The SMILES string of the molecule is NOC(=O)C1=C(CCl)CS[C@H]2CC(=O)N12. The van der Waals surface area contributed by atoms with Crippen LogP contribution in [0, 0.1) is 0 Å². The van der Waals surface area contributed by atoms with E-state index >= 15 is 0 Å². The van der Waals surface area contributed by atoms with Gasteiger partial charge in [-0.2, -0.15) is 5.90 Å². The molecule has 2 heterocycles. The second-order valence-corrected chi connectivity index (χ2v) is 4.66. The molecule has 0 aromatic carbocycles. The molecule has 15 heavy (non-hydrogen) atoms. The first-order valence-electron chi connectivity index (χ1n) is 4.31. The van der Waals surface area contributed by atoms with Gasteiger partial charge < -0.3 is 4.84 Å². The summed E-state index contributed by atoms with van der Waals surface area (Å²) in [6.07, 6.45) is 0.460. The Morgan fingerprint density at radius 1 is 1.73 bits per heavy atom. The van der Waals surface area contributed by atoms with Crippen molar-refractivity contribution in [2.75, 3.05) is 11.6 Å². The van der Waals surface area contributed by atoms with Gasteiger partial charge in [0.05, 0.1) is 11.8 Å². The number of alkyl halides is 1. The average Bonchev–Trinajstić information content (AvgIpc) is 2.25. The molecule has 0 aromatic rings. The minimum Gasteiger partial charge on any atom is -0.369 e. The van der Waals surface area contributed by atoms with Crippen LogP contribution in [0.15, 0.2) is 11.3 Å². The Morgan fingerprint density at radius 3 is 3.00 bits per heavy atom. The Bertz CT molecular complexity index is 358. The standard InChI is InChI=1S/C8H9ClN2O3S/c9-2-4-3-15-6-1-5(12)11(6)7(4)8(13)14-10/h6H,1-3,10H2/t6-/m0/s1. The number of hydrogen-bond acceptors (Lipinski definition) is 5. The van der Waals surface area contributed by atoms with Crippen molar-refractivity contribution in [2.45, 2.75) is 11.8 Å². The number of carbonyl (C=O) groups excluding carboxylic acids is 2. The van der Waals surface area contributed by atoms with Crippen molar-refractivity contribution in [1.29, 1.82) is 0 Å². The lowest BCUT2D eigenvalue weighted by Crippen LogP contribution is -2.54. The fourth-order valence-electron chi connectivity index (χ4n) is 1.63. The van der Waals surface area contributed by atoms with Gasteiger partial charge in [-0.05, 0) is 5.57 Å². The van der Waals surface area contributed by atoms with Crippen molar-refractivity contribution in [3.63, 3.8) is 0 Å². The summed E-state index contributed by atoms with van der Waals surface area (Å²) in [5.41, 5.74) is 0.925. The molecule has 5 nitrogen and oxygen atoms in total. The third-order valence-electron chi connectivity index (χ3n) is 2.39. The van der Waals surface area contributed by atoms with Crippen molar-refractivity contribution in [2.24, 2.45) is 5.90 Å². The summed E-state index contributed by atoms with van der Waals surface area (Å²) >= 11 is 7.30. The normalized spacial score (nSPS) is 24.8. The Kier molecular flexibility index (Phi) is 2.90. The van der Waals surface area contributed by atoms with Gasteiger partial charge in [-0.3, -0.25) is 9.69 Å². The molecule has 1 fully saturated rings. The maximum atomic E-state index is 11.4. The topological polar surface area (TPSA) is 72.6 Å². The number of β-lactam (4-membered cyclic amide) rings is 1. The summed E-state index contributed by atoms with van der Waals surface area (Å²) in [5, 5.41) is 0.0403. The summed E-state index contributed by atoms with van der Waals surface area (Å²) in [6, 6.07) is 0. The highest BCUT2D eigenvalue weighted by atomic mass is 35.5. The van der Waals surface area contributed by atoms with Gasteiger partial charge in [-0.15, -0.1) is 23.4 Å². The predicted octanol–water partition coefficient (Wildman–Crippen LogP) is 0.201. The lowest BCUT2D eigenvalue weighted by molar-refractivity contribution is -0.149. The van der Waals surface area contributed by atoms with E-state index in [1.807, 2.05) is 0 Å². The molecular formula is C8H9ClN2O3S. The molecule has 0 aromatic heterocycles. The number of halogens is 1. The zero-order valence-electron chi connectivity index (χ0n) is 7.73. The molecule has 0 bridgehead atoms. The van der Waals surface area contributed by atoms with Gasteiger partial charge in [0.1, 0.15) is 5.70 Å². The molecule has 0 saturated carbocycles. The smallest absolute Gasteiger partial charge is 0.369 e. The quantitative estimate of drug-likeness (QED) is 0.429. The monoisotopic (exact) mass is 248 g/mol. The summed E-state index contributed by atoms with van der Waals surface area (Å²) in [4.78, 5) is 28.3. The van der Waals surface area contributed by atoms with E-state index in [-0.39, 0.29) is 22.9 Å². The molecule has 0 unspecified atom stereocenters. The fraction of sp³-hybridized carbons (Fsp3) is 0.500. The largest absolute Gasteiger partial charge is 0.373 e. The molecule has 7 heteroatoms. The van der Waals surface area contributed by atoms with Crippen LogP contribution < -0.4 is 5.90 Å². The number of rotatable bonds is 2. The Morgan fingerprint density at radius 2 is 2.47 bits per heavy atom. The molecule has 0 spiro atoms. The number of hydrogen-bond donors (Lipinski definition) is 1. The Balaban J connectivity index is 2.35. The lowest BCUT2D eigenvalue weighted by atomic mass is 10.1. The van der Waals surface area contributed by atoms with Crippen LogP contribution in [0.3, 0.4) is 0 Å². The molecular weight excluding hydrogens is 240 g/mol. The summed E-state index contributed by atoms with van der Waals surface area (Å²) in [5.74, 6) is 4.89. The average molecular weight is 249 g/mol. The number of nitrogens with two attached hydrogens (primary N) is 1. The van der Waals surface area contributed by atoms with Crippen LogP contribution in [0.4, 0.5) is 0 Å². The maximum absolute atomic E-state index is 11.4. The molecule has 0 radical (unpaired) electrons. The molecule has 1 atom stereocenters. The van der Waals surface area contributed by atoms with Crippen LogP contribution in [0.2, 0.25) is 0 Å². The number of fused-ring (bicyclic) bond motifs is 1. The fourth-order valence-corrected chi connectivity index (χ4v) is 3.22. The minimum absolute atomic E-state index is 0.0403. The van der Waals surface area contributed by atoms with E-state index in [1.165, 1.54) is 4.90 Å². The molecule has 2 N–H and O–H groups in total. The molecule has 1 saturated heterocycles. The second-order valence-electron chi connectivity index (χ2n) is 3.22. The van der Waals surface area contributed by atoms with Crippen LogP contribution >= 0.6 is 23.4 Å². The zero-order chi connectivity index (χ0) is 11.0. The van der Waals surface area contributed by atoms with Gasteiger partial charge >= 0.3 is 5.97 Å². The summed E-state index contributed by atoms with van der Waals surface area (Å²) in [7, 11) is 0. The lowest BCUT2D eigenvalue weighted by Gasteiger charge is -2.43. The van der Waals surface area contributed by atoms with E-state index in [1.54, 1.807) is 11.8 Å². The van der Waals surface area contributed by atoms with E-state index in [0.717, 1.165) is 0 Å². The molecule has 2 aliphatic rings. The molecule has 0 aliphatic carbocycles. The molecule has 1 amide bonds. The van der Waals surface area contributed by atoms with Crippen molar-refractivity contribution < 1.29 is 14.4 Å². The van der Waals surface area contributed by atoms with Crippen LogP contribution in [0.5, 0.6) is 0 Å². The van der Waals surface area contributed by atoms with Crippen molar-refractivity contribution in [1.82, 2.24) is 4.90 Å². The van der Waals surface area contributed by atoms with Crippen molar-refractivity contribution in [3.05, 3.63) is 11.3 Å². The van der Waals surface area contributed by atoms with E-state index in [2.05, 4.69) is 4.84 Å². The predicted molar refractivity (Wildman–Crippen MR) is 55.7 cm³/mol. The highest BCUT2D eigenvalue weighted by Gasteiger charge is 2.45. The van der Waals surface area contributed by atoms with Gasteiger partial charge in [0.2, 0.25) is 5.91 Å². The first-order valence-corrected chi connectivity index (χ1v) is 5.90. The van der Waals surface area contributed by atoms with Crippen LogP contribution in [-0.2, 0) is 14.4 Å². The first kappa shape index (κ1) is 10.8. The van der Waals surface area contributed by atoms with E-state index in [0.29, 0.717) is 17.7 Å². The number of amides is 1. The third kappa shape index (κ3) is 1.62. The number of thioether (sulfide) groups is 1. The van der Waals surface area contributed by atoms with Gasteiger partial charge in [0.15, 0.2) is 0 Å². The number of nitrogens with zero attached hydrogens (tertiary/aromatic N) is 1. The van der Waals surface area contributed by atoms with Gasteiger partial charge in [-0.25, -0.2) is 4.79 Å². The highest BCUT2D eigenvalue weighted by molar-refractivity contribution is 8.00. The minimum atomic E-state index is -0.691. The first-order chi connectivity index (χ1) is 7.19. The van der Waals surface area contributed by atoms with Crippen LogP contribution in [0.25, 0.3) is 0 Å². The van der Waals surface area contributed by atoms with Gasteiger partial charge in [0, 0.05) is 11.6 Å². The second kappa shape index (κ2) is 4.03. The number of carbonyl (C=O) groups is 2. The third-order valence-corrected chi connectivity index (χ3v) is 3.99. The van der Waals surface area contributed by atoms with Gasteiger partial charge in [-0.1, -0.05) is 0 Å². The van der Waals surface area contributed by atoms with E-state index in [4.69, 9.17) is 17.5 Å². The van der Waals surface area contributed by atoms with Crippen LogP contribution in [0.1, 0.15) is 6.42 Å². The Hall–Kier alpha value is -0.720. The summed E-state index contributed by atoms with van der Waals surface area (Å²) < 4.78 is 0.